The third-order valence-electron chi connectivity index (χ3n) is 6.13. The Kier molecular flexibility index (Phi) is 4.97. The topological polar surface area (TPSA) is 67.8 Å². The summed E-state index contributed by atoms with van der Waals surface area (Å²) in [6, 6.07) is 11.3. The molecular weight excluding hydrogens is 433 g/mol. The van der Waals surface area contributed by atoms with Crippen molar-refractivity contribution in [2.75, 3.05) is 12.4 Å². The van der Waals surface area contributed by atoms with Crippen LogP contribution in [0, 0.1) is 5.82 Å². The van der Waals surface area contributed by atoms with Crippen molar-refractivity contribution in [3.63, 3.8) is 0 Å². The Morgan fingerprint density at radius 3 is 2.59 bits per heavy atom. The minimum atomic E-state index is -0.484. The molecule has 5 nitrogen and oxygen atoms in total. The summed E-state index contributed by atoms with van der Waals surface area (Å²) in [5, 5.41) is 14.0. The van der Waals surface area contributed by atoms with Gasteiger partial charge in [-0.15, -0.1) is 0 Å². The summed E-state index contributed by atoms with van der Waals surface area (Å²) in [4.78, 5) is 11.6. The fourth-order valence-corrected chi connectivity index (χ4v) is 4.87. The van der Waals surface area contributed by atoms with Crippen LogP contribution in [-0.4, -0.2) is 24.0 Å². The second-order valence-electron chi connectivity index (χ2n) is 9.08. The lowest BCUT2D eigenvalue weighted by Crippen LogP contribution is -2.32. The van der Waals surface area contributed by atoms with Crippen molar-refractivity contribution in [1.82, 2.24) is 0 Å². The number of halogens is 1. The Labute approximate surface area is 197 Å². The number of carbonyl (C=O) groups is 1. The standard InChI is InChI=1S/C28H24FNO4/c1-15-13-28(2,3)30-20-8-7-19-25(24(15)20)23(12-16-5-6-18(29)11-17(16)14-31)34-22-10-9-21(32)27(33-4)26(19)22/h5-14,30,32H,1-4H3/b23-12-. The molecule has 0 amide bonds. The van der Waals surface area contributed by atoms with Crippen molar-refractivity contribution in [3.05, 3.63) is 76.6 Å². The molecule has 2 N–H and O–H groups in total. The summed E-state index contributed by atoms with van der Waals surface area (Å²) in [7, 11) is 1.50. The number of carbonyl (C=O) groups excluding carboxylic acids is 1. The lowest BCUT2D eigenvalue weighted by atomic mass is 9.82. The molecule has 0 saturated carbocycles. The molecule has 0 spiro atoms. The van der Waals surface area contributed by atoms with Gasteiger partial charge in [-0.2, -0.15) is 0 Å². The van der Waals surface area contributed by atoms with Gasteiger partial charge in [0.2, 0.25) is 0 Å². The van der Waals surface area contributed by atoms with Gasteiger partial charge in [0.1, 0.15) is 17.3 Å². The van der Waals surface area contributed by atoms with Crippen LogP contribution in [-0.2, 0) is 0 Å². The molecule has 0 saturated heterocycles. The lowest BCUT2D eigenvalue weighted by molar-refractivity contribution is 0.112. The summed E-state index contributed by atoms with van der Waals surface area (Å²) in [6.07, 6.45) is 4.53. The van der Waals surface area contributed by atoms with Crippen molar-refractivity contribution in [2.45, 2.75) is 26.3 Å². The van der Waals surface area contributed by atoms with Gasteiger partial charge in [0, 0.05) is 27.9 Å². The first-order valence-electron chi connectivity index (χ1n) is 10.9. The van der Waals surface area contributed by atoms with Crippen LogP contribution < -0.4 is 14.8 Å². The first-order valence-corrected chi connectivity index (χ1v) is 10.9. The number of anilines is 1. The molecular formula is C28H24FNO4. The number of hydrogen-bond acceptors (Lipinski definition) is 5. The minimum absolute atomic E-state index is 0.00856. The molecule has 6 heteroatoms. The summed E-state index contributed by atoms with van der Waals surface area (Å²) < 4.78 is 25.7. The fourth-order valence-electron chi connectivity index (χ4n) is 4.87. The van der Waals surface area contributed by atoms with Crippen LogP contribution >= 0.6 is 0 Å². The second kappa shape index (κ2) is 7.76. The molecule has 0 fully saturated rings. The fraction of sp³-hybridized carbons (Fsp3) is 0.179. The molecule has 0 aromatic heterocycles. The molecule has 2 aliphatic rings. The Morgan fingerprint density at radius 1 is 1.06 bits per heavy atom. The third kappa shape index (κ3) is 3.43. The summed E-state index contributed by atoms with van der Waals surface area (Å²) in [5.74, 6) is 0.861. The number of allylic oxidation sites excluding steroid dienone is 1. The lowest BCUT2D eigenvalue weighted by Gasteiger charge is -2.35. The first kappa shape index (κ1) is 21.8. The second-order valence-corrected chi connectivity index (χ2v) is 9.08. The number of aromatic hydroxyl groups is 1. The Morgan fingerprint density at radius 2 is 1.85 bits per heavy atom. The van der Waals surface area contributed by atoms with E-state index in [0.717, 1.165) is 28.0 Å². The maximum atomic E-state index is 13.8. The van der Waals surface area contributed by atoms with E-state index in [1.807, 2.05) is 19.1 Å². The Bertz CT molecular complexity index is 1420. The Hall–Kier alpha value is -4.06. The van der Waals surface area contributed by atoms with E-state index in [1.165, 1.54) is 25.3 Å². The normalized spacial score (nSPS) is 16.4. The highest BCUT2D eigenvalue weighted by atomic mass is 19.1. The van der Waals surface area contributed by atoms with Gasteiger partial charge in [-0.25, -0.2) is 4.39 Å². The molecule has 3 aromatic rings. The van der Waals surface area contributed by atoms with Crippen molar-refractivity contribution in [1.29, 1.82) is 0 Å². The van der Waals surface area contributed by atoms with Crippen molar-refractivity contribution < 1.29 is 23.8 Å². The van der Waals surface area contributed by atoms with Gasteiger partial charge in [-0.05, 0) is 68.3 Å². The molecule has 0 atom stereocenters. The maximum Gasteiger partial charge on any atom is 0.172 e. The van der Waals surface area contributed by atoms with Crippen molar-refractivity contribution in [3.8, 4) is 28.4 Å². The zero-order valence-electron chi connectivity index (χ0n) is 19.3. The van der Waals surface area contributed by atoms with E-state index in [2.05, 4.69) is 25.2 Å². The maximum absolute atomic E-state index is 13.8. The summed E-state index contributed by atoms with van der Waals surface area (Å²) in [6.45, 7) is 6.23. The minimum Gasteiger partial charge on any atom is -0.504 e. The zero-order chi connectivity index (χ0) is 24.2. The number of fused-ring (bicyclic) bond motifs is 5. The van der Waals surface area contributed by atoms with Gasteiger partial charge in [0.05, 0.1) is 18.2 Å². The third-order valence-corrected chi connectivity index (χ3v) is 6.13. The van der Waals surface area contributed by atoms with Crippen LogP contribution in [0.15, 0.2) is 48.5 Å². The van der Waals surface area contributed by atoms with Crippen LogP contribution in [0.4, 0.5) is 10.1 Å². The van der Waals surface area contributed by atoms with Crippen LogP contribution in [0.3, 0.4) is 0 Å². The smallest absolute Gasteiger partial charge is 0.172 e. The number of hydrogen-bond donors (Lipinski definition) is 2. The van der Waals surface area contributed by atoms with Crippen molar-refractivity contribution >= 4 is 29.4 Å². The van der Waals surface area contributed by atoms with Gasteiger partial charge in [0.25, 0.3) is 0 Å². The average molecular weight is 458 g/mol. The number of phenols is 1. The SMILES string of the molecule is COc1c(O)ccc2c1-c1ccc3c(c1/C(=C/c1ccc(F)cc1C=O)O2)C(C)=CC(C)(C)N3. The van der Waals surface area contributed by atoms with Gasteiger partial charge < -0.3 is 19.9 Å². The van der Waals surface area contributed by atoms with Gasteiger partial charge >= 0.3 is 0 Å². The largest absolute Gasteiger partial charge is 0.504 e. The monoisotopic (exact) mass is 457 g/mol. The highest BCUT2D eigenvalue weighted by molar-refractivity contribution is 6.03. The van der Waals surface area contributed by atoms with E-state index in [-0.39, 0.29) is 16.9 Å². The number of benzene rings is 3. The molecule has 34 heavy (non-hydrogen) atoms. The molecule has 3 aromatic carbocycles. The number of aldehydes is 1. The number of phenolic OH excluding ortho intramolecular Hbond substituents is 1. The number of ether oxygens (including phenoxy) is 2. The van der Waals surface area contributed by atoms with Crippen LogP contribution in [0.5, 0.6) is 17.2 Å². The van der Waals surface area contributed by atoms with Gasteiger partial charge in [-0.3, -0.25) is 4.79 Å². The van der Waals surface area contributed by atoms with E-state index >= 15 is 0 Å². The predicted octanol–water partition coefficient (Wildman–Crippen LogP) is 6.52. The molecule has 0 bridgehead atoms. The van der Waals surface area contributed by atoms with Crippen molar-refractivity contribution in [2.24, 2.45) is 0 Å². The molecule has 0 aliphatic carbocycles. The van der Waals surface area contributed by atoms with E-state index in [4.69, 9.17) is 9.47 Å². The van der Waals surface area contributed by atoms with E-state index in [9.17, 15) is 14.3 Å². The van der Waals surface area contributed by atoms with Crippen LogP contribution in [0.2, 0.25) is 0 Å². The molecule has 2 heterocycles. The highest BCUT2D eigenvalue weighted by Crippen LogP contribution is 2.54. The van der Waals surface area contributed by atoms with Gasteiger partial charge in [-0.1, -0.05) is 18.2 Å². The molecule has 172 valence electrons. The van der Waals surface area contributed by atoms with E-state index in [0.29, 0.717) is 34.7 Å². The predicted molar refractivity (Wildman–Crippen MR) is 132 cm³/mol. The molecule has 0 radical (unpaired) electrons. The van der Waals surface area contributed by atoms with Gasteiger partial charge in [0.15, 0.2) is 17.8 Å². The average Bonchev–Trinajstić information content (AvgIpc) is 2.79. The van der Waals surface area contributed by atoms with E-state index in [1.54, 1.807) is 18.2 Å². The summed E-state index contributed by atoms with van der Waals surface area (Å²) >= 11 is 0. The van der Waals surface area contributed by atoms with E-state index < -0.39 is 5.82 Å². The molecule has 5 rings (SSSR count). The number of rotatable bonds is 3. The summed E-state index contributed by atoms with van der Waals surface area (Å²) in [5.41, 5.74) is 5.74. The zero-order valence-corrected chi connectivity index (χ0v) is 19.3. The molecule has 2 aliphatic heterocycles. The first-order chi connectivity index (χ1) is 16.2. The quantitative estimate of drug-likeness (QED) is 0.439. The van der Waals surface area contributed by atoms with Crippen LogP contribution in [0.1, 0.15) is 47.8 Å². The number of nitrogens with one attached hydrogen (secondary N) is 1. The number of methoxy groups -OCH3 is 1. The molecule has 0 unspecified atom stereocenters. The van der Waals surface area contributed by atoms with Crippen LogP contribution in [0.25, 0.3) is 28.5 Å². The highest BCUT2D eigenvalue weighted by Gasteiger charge is 2.33. The Balaban J connectivity index is 1.85.